The number of nitrogens with zero attached hydrogens (tertiary/aromatic N) is 3. The summed E-state index contributed by atoms with van der Waals surface area (Å²) in [5, 5.41) is 15.6. The Balaban J connectivity index is 1.20. The number of carboxylic acid groups (broad SMARTS) is 1. The van der Waals surface area contributed by atoms with E-state index < -0.39 is 11.9 Å². The Kier molecular flexibility index (Phi) is 12.5. The van der Waals surface area contributed by atoms with Crippen molar-refractivity contribution in [3.8, 4) is 22.3 Å². The first-order chi connectivity index (χ1) is 31.8. The predicted octanol–water partition coefficient (Wildman–Crippen LogP) is 15.3. The van der Waals surface area contributed by atoms with Crippen molar-refractivity contribution in [1.29, 1.82) is 0 Å². The maximum atomic E-state index is 13.8. The van der Waals surface area contributed by atoms with E-state index in [1.807, 2.05) is 18.2 Å². The zero-order chi connectivity index (χ0) is 45.1. The number of hydrogen-bond donors (Lipinski definition) is 1. The SMILES string of the molecule is CCCCC1(CCCC)c2ccccc2-c2ccc(N(c3ccc(/C=C4/C(=O)N(c5ccccc5)N=C4C(=O)O)cc3)c3ccc4c(c3)C(CCCC)(CCCC)c3ccccc3-4)cc21. The zero-order valence-corrected chi connectivity index (χ0v) is 38.4. The highest BCUT2D eigenvalue weighted by atomic mass is 16.4. The Morgan fingerprint density at radius 3 is 1.45 bits per heavy atom. The minimum Gasteiger partial charge on any atom is -0.476 e. The number of para-hydroxylation sites is 1. The van der Waals surface area contributed by atoms with E-state index in [4.69, 9.17) is 0 Å². The lowest BCUT2D eigenvalue weighted by Gasteiger charge is -2.35. The lowest BCUT2D eigenvalue weighted by molar-refractivity contribution is -0.129. The van der Waals surface area contributed by atoms with Crippen LogP contribution in [0.2, 0.25) is 0 Å². The van der Waals surface area contributed by atoms with Crippen LogP contribution >= 0.6 is 0 Å². The van der Waals surface area contributed by atoms with E-state index in [2.05, 4.69) is 135 Å². The molecule has 0 radical (unpaired) electrons. The Morgan fingerprint density at radius 1 is 0.554 bits per heavy atom. The van der Waals surface area contributed by atoms with Gasteiger partial charge >= 0.3 is 5.97 Å². The van der Waals surface area contributed by atoms with Gasteiger partial charge in [-0.25, -0.2) is 4.79 Å². The molecule has 0 saturated carbocycles. The third-order valence-corrected chi connectivity index (χ3v) is 14.4. The van der Waals surface area contributed by atoms with Crippen molar-refractivity contribution in [3.05, 3.63) is 173 Å². The number of anilines is 4. The van der Waals surface area contributed by atoms with Crippen molar-refractivity contribution >= 4 is 46.4 Å². The van der Waals surface area contributed by atoms with Crippen molar-refractivity contribution in [2.45, 2.75) is 116 Å². The first-order valence-corrected chi connectivity index (χ1v) is 24.1. The summed E-state index contributed by atoms with van der Waals surface area (Å²) < 4.78 is 0. The molecule has 0 fully saturated rings. The minimum absolute atomic E-state index is 0.0494. The monoisotopic (exact) mass is 859 g/mol. The minimum atomic E-state index is -1.24. The molecular formula is C59H61N3O3. The maximum Gasteiger partial charge on any atom is 0.357 e. The third-order valence-electron chi connectivity index (χ3n) is 14.4. The zero-order valence-electron chi connectivity index (χ0n) is 38.4. The Morgan fingerprint density at radius 2 is 0.985 bits per heavy atom. The summed E-state index contributed by atoms with van der Waals surface area (Å²) in [6, 6.07) is 49.6. The summed E-state index contributed by atoms with van der Waals surface area (Å²) in [6.07, 6.45) is 15.3. The van der Waals surface area contributed by atoms with Gasteiger partial charge in [0.15, 0.2) is 5.71 Å². The molecule has 6 aromatic rings. The summed E-state index contributed by atoms with van der Waals surface area (Å²) >= 11 is 0. The largest absolute Gasteiger partial charge is 0.476 e. The first-order valence-electron chi connectivity index (χ1n) is 24.1. The molecule has 65 heavy (non-hydrogen) atoms. The van der Waals surface area contributed by atoms with E-state index in [9.17, 15) is 14.7 Å². The molecule has 0 saturated heterocycles. The van der Waals surface area contributed by atoms with Crippen LogP contribution in [-0.4, -0.2) is 22.7 Å². The van der Waals surface area contributed by atoms with Crippen LogP contribution in [-0.2, 0) is 20.4 Å². The van der Waals surface area contributed by atoms with Crippen LogP contribution in [0, 0.1) is 0 Å². The molecule has 1 heterocycles. The number of carboxylic acids is 1. The Bertz CT molecular complexity index is 2650. The Labute approximate surface area is 385 Å². The molecule has 2 aliphatic carbocycles. The standard InChI is InChI=1S/C59H61N3O3/c1-5-9-34-58(35-10-6-2)51-24-18-16-22-46(51)48-32-30-44(39-53(48)58)61(45-31-33-49-47-23-17-19-25-52(47)59(36-11-7-3,37-12-8-4)54(49)40-45)42-28-26-41(27-29-42)38-50-55(57(64)65)60-62(56(50)63)43-20-14-13-15-21-43/h13-33,38-40H,5-12,34-37H2,1-4H3,(H,64,65)/b50-38+. The molecule has 6 aromatic carbocycles. The summed E-state index contributed by atoms with van der Waals surface area (Å²) in [4.78, 5) is 28.6. The fraction of sp³-hybridized carbons (Fsp3) is 0.305. The summed E-state index contributed by atoms with van der Waals surface area (Å²) in [5.74, 6) is -1.71. The quantitative estimate of drug-likeness (QED) is 0.0874. The third kappa shape index (κ3) is 7.71. The highest BCUT2D eigenvalue weighted by Gasteiger charge is 2.44. The molecule has 0 bridgehead atoms. The molecule has 6 nitrogen and oxygen atoms in total. The molecule has 0 aromatic heterocycles. The van der Waals surface area contributed by atoms with Crippen LogP contribution in [0.15, 0.2) is 150 Å². The fourth-order valence-electron chi connectivity index (χ4n) is 11.2. The van der Waals surface area contributed by atoms with Crippen LogP contribution < -0.4 is 9.91 Å². The van der Waals surface area contributed by atoms with E-state index >= 15 is 0 Å². The molecule has 1 aliphatic heterocycles. The van der Waals surface area contributed by atoms with Crippen molar-refractivity contribution in [2.75, 3.05) is 9.91 Å². The highest BCUT2D eigenvalue weighted by molar-refractivity contribution is 6.53. The number of hydrogen-bond acceptors (Lipinski definition) is 4. The van der Waals surface area contributed by atoms with Gasteiger partial charge < -0.3 is 10.0 Å². The molecule has 0 atom stereocenters. The van der Waals surface area contributed by atoms with Gasteiger partial charge in [-0.2, -0.15) is 10.1 Å². The molecule has 0 spiro atoms. The smallest absolute Gasteiger partial charge is 0.357 e. The van der Waals surface area contributed by atoms with Gasteiger partial charge in [0.2, 0.25) is 0 Å². The fourth-order valence-corrected chi connectivity index (χ4v) is 11.2. The van der Waals surface area contributed by atoms with Crippen LogP contribution in [0.3, 0.4) is 0 Å². The number of amides is 1. The number of rotatable bonds is 18. The highest BCUT2D eigenvalue weighted by Crippen LogP contribution is 2.57. The van der Waals surface area contributed by atoms with Crippen LogP contribution in [0.1, 0.15) is 133 Å². The summed E-state index contributed by atoms with van der Waals surface area (Å²) in [6.45, 7) is 9.21. The van der Waals surface area contributed by atoms with Gasteiger partial charge in [-0.1, -0.05) is 170 Å². The van der Waals surface area contributed by atoms with Crippen LogP contribution in [0.5, 0.6) is 0 Å². The van der Waals surface area contributed by atoms with Crippen molar-refractivity contribution in [3.63, 3.8) is 0 Å². The second-order valence-corrected chi connectivity index (χ2v) is 18.3. The average molecular weight is 860 g/mol. The van der Waals surface area contributed by atoms with Gasteiger partial charge in [-0.3, -0.25) is 4.79 Å². The number of benzene rings is 6. The molecule has 1 N–H and O–H groups in total. The van der Waals surface area contributed by atoms with E-state index in [1.54, 1.807) is 30.3 Å². The van der Waals surface area contributed by atoms with E-state index in [0.29, 0.717) is 11.3 Å². The first kappa shape index (κ1) is 43.7. The molecular weight excluding hydrogens is 799 g/mol. The normalized spacial score (nSPS) is 15.7. The van der Waals surface area contributed by atoms with E-state index in [0.717, 1.165) is 94.1 Å². The second kappa shape index (κ2) is 18.5. The van der Waals surface area contributed by atoms with E-state index in [-0.39, 0.29) is 22.1 Å². The number of aliphatic carboxylic acids is 1. The van der Waals surface area contributed by atoms with Crippen molar-refractivity contribution in [2.24, 2.45) is 5.10 Å². The molecule has 1 amide bonds. The average Bonchev–Trinajstić information content (AvgIpc) is 3.92. The van der Waals surface area contributed by atoms with Gasteiger partial charge in [0, 0.05) is 27.9 Å². The summed E-state index contributed by atoms with van der Waals surface area (Å²) in [7, 11) is 0. The molecule has 0 unspecified atom stereocenters. The molecule has 9 rings (SSSR count). The van der Waals surface area contributed by atoms with Gasteiger partial charge in [-0.15, -0.1) is 0 Å². The van der Waals surface area contributed by atoms with E-state index in [1.165, 1.54) is 49.5 Å². The van der Waals surface area contributed by atoms with Crippen molar-refractivity contribution < 1.29 is 14.7 Å². The molecule has 3 aliphatic rings. The van der Waals surface area contributed by atoms with Gasteiger partial charge in [-0.05, 0) is 130 Å². The molecule has 6 heteroatoms. The number of carbonyl (C=O) groups excluding carboxylic acids is 1. The number of carbonyl (C=O) groups is 2. The van der Waals surface area contributed by atoms with Crippen LogP contribution in [0.25, 0.3) is 28.3 Å². The topological polar surface area (TPSA) is 73.2 Å². The molecule has 330 valence electrons. The second-order valence-electron chi connectivity index (χ2n) is 18.3. The number of fused-ring (bicyclic) bond motifs is 6. The summed E-state index contributed by atoms with van der Waals surface area (Å²) in [5.41, 5.74) is 15.2. The number of unbranched alkanes of at least 4 members (excludes halogenated alkanes) is 4. The van der Waals surface area contributed by atoms with Gasteiger partial charge in [0.1, 0.15) is 0 Å². The van der Waals surface area contributed by atoms with Gasteiger partial charge in [0.05, 0.1) is 11.3 Å². The lowest BCUT2D eigenvalue weighted by Crippen LogP contribution is -2.26. The maximum absolute atomic E-state index is 13.8. The predicted molar refractivity (Wildman–Crippen MR) is 269 cm³/mol. The van der Waals surface area contributed by atoms with Crippen LogP contribution in [0.4, 0.5) is 22.7 Å². The van der Waals surface area contributed by atoms with Crippen molar-refractivity contribution in [1.82, 2.24) is 0 Å². The number of hydrazone groups is 1. The van der Waals surface area contributed by atoms with Gasteiger partial charge in [0.25, 0.3) is 5.91 Å². The Hall–Kier alpha value is -6.53. The lowest BCUT2D eigenvalue weighted by atomic mass is 9.70.